The number of hydrogen-bond donors (Lipinski definition) is 0. The van der Waals surface area contributed by atoms with E-state index in [9.17, 15) is 0 Å². The zero-order chi connectivity index (χ0) is 8.53. The van der Waals surface area contributed by atoms with E-state index in [2.05, 4.69) is 13.8 Å². The lowest BCUT2D eigenvalue weighted by Crippen LogP contribution is -2.04. The fourth-order valence-electron chi connectivity index (χ4n) is 1.32. The molecule has 1 unspecified atom stereocenters. The summed E-state index contributed by atoms with van der Waals surface area (Å²) in [6.07, 6.45) is 6.87. The van der Waals surface area contributed by atoms with Crippen LogP contribution in [-0.2, 0) is 4.43 Å². The van der Waals surface area contributed by atoms with Crippen molar-refractivity contribution < 1.29 is 4.43 Å². The Balaban J connectivity index is 3.20. The first-order chi connectivity index (χ1) is 5.35. The average molecular weight is 174 g/mol. The number of unbranched alkanes of at least 4 members (excludes halogenated alkanes) is 2. The highest BCUT2D eigenvalue weighted by Gasteiger charge is 2.05. The molecule has 0 aromatic heterocycles. The van der Waals surface area contributed by atoms with Gasteiger partial charge in [0.25, 0.3) is 0 Å². The minimum atomic E-state index is -0.192. The fourth-order valence-corrected chi connectivity index (χ4v) is 2.49. The predicted octanol–water partition coefficient (Wildman–Crippen LogP) is 2.50. The molecule has 0 radical (unpaired) electrons. The van der Waals surface area contributed by atoms with Crippen LogP contribution in [0.4, 0.5) is 0 Å². The van der Waals surface area contributed by atoms with Crippen LogP contribution in [-0.4, -0.2) is 16.9 Å². The van der Waals surface area contributed by atoms with Crippen molar-refractivity contribution in [2.75, 3.05) is 7.11 Å². The maximum Gasteiger partial charge on any atom is 0.164 e. The van der Waals surface area contributed by atoms with E-state index in [4.69, 9.17) is 4.43 Å². The van der Waals surface area contributed by atoms with Crippen molar-refractivity contribution in [3.8, 4) is 0 Å². The van der Waals surface area contributed by atoms with Crippen molar-refractivity contribution in [3.05, 3.63) is 0 Å². The summed E-state index contributed by atoms with van der Waals surface area (Å²) in [6.45, 7) is 4.54. The molecule has 0 aliphatic rings. The van der Waals surface area contributed by atoms with E-state index in [0.29, 0.717) is 0 Å². The van der Waals surface area contributed by atoms with Gasteiger partial charge in [-0.2, -0.15) is 0 Å². The van der Waals surface area contributed by atoms with Crippen LogP contribution in [0.25, 0.3) is 0 Å². The molecular weight excluding hydrogens is 152 g/mol. The van der Waals surface area contributed by atoms with E-state index >= 15 is 0 Å². The van der Waals surface area contributed by atoms with Crippen molar-refractivity contribution in [1.82, 2.24) is 0 Å². The Hall–Kier alpha value is 0.177. The second-order valence-corrected chi connectivity index (χ2v) is 5.29. The summed E-state index contributed by atoms with van der Waals surface area (Å²) >= 11 is 0. The highest BCUT2D eigenvalue weighted by atomic mass is 28.2. The van der Waals surface area contributed by atoms with Gasteiger partial charge in [-0.25, -0.2) is 0 Å². The third-order valence-corrected chi connectivity index (χ3v) is 3.99. The third kappa shape index (κ3) is 6.57. The van der Waals surface area contributed by atoms with Gasteiger partial charge in [-0.1, -0.05) is 46.0 Å². The lowest BCUT2D eigenvalue weighted by molar-refractivity contribution is 0.421. The van der Waals surface area contributed by atoms with E-state index < -0.39 is 0 Å². The number of hydrogen-bond acceptors (Lipinski definition) is 1. The van der Waals surface area contributed by atoms with Crippen LogP contribution in [0.2, 0.25) is 5.54 Å². The quantitative estimate of drug-likeness (QED) is 0.426. The highest BCUT2D eigenvalue weighted by molar-refractivity contribution is 6.29. The SMILES string of the molecule is CCCCCC(CC)[SiH2]OC. The molecule has 0 aliphatic heterocycles. The van der Waals surface area contributed by atoms with Crippen LogP contribution >= 0.6 is 0 Å². The first kappa shape index (κ1) is 11.2. The maximum absolute atomic E-state index is 5.26. The largest absolute Gasteiger partial charge is 0.427 e. The Kier molecular flexibility index (Phi) is 8.41. The van der Waals surface area contributed by atoms with Crippen molar-refractivity contribution in [3.63, 3.8) is 0 Å². The Labute approximate surface area is 73.5 Å². The molecule has 0 aliphatic carbocycles. The topological polar surface area (TPSA) is 9.23 Å². The second kappa shape index (κ2) is 8.28. The predicted molar refractivity (Wildman–Crippen MR) is 53.7 cm³/mol. The summed E-state index contributed by atoms with van der Waals surface area (Å²) in [5.74, 6) is 0. The van der Waals surface area contributed by atoms with E-state index in [1.807, 2.05) is 7.11 Å². The normalized spacial score (nSPS) is 14.5. The molecule has 0 saturated heterocycles. The summed E-state index contributed by atoms with van der Waals surface area (Å²) in [4.78, 5) is 0. The van der Waals surface area contributed by atoms with Crippen LogP contribution in [0.15, 0.2) is 0 Å². The third-order valence-electron chi connectivity index (χ3n) is 2.20. The molecule has 0 fully saturated rings. The summed E-state index contributed by atoms with van der Waals surface area (Å²) in [5, 5.41) is 0. The molecule has 0 saturated carbocycles. The molecule has 1 atom stereocenters. The van der Waals surface area contributed by atoms with E-state index in [1.165, 1.54) is 32.1 Å². The van der Waals surface area contributed by atoms with Crippen LogP contribution in [0.3, 0.4) is 0 Å². The second-order valence-electron chi connectivity index (χ2n) is 3.23. The monoisotopic (exact) mass is 174 g/mol. The van der Waals surface area contributed by atoms with Gasteiger partial charge in [-0.05, 0) is 5.54 Å². The summed E-state index contributed by atoms with van der Waals surface area (Å²) in [5.41, 5.74) is 0.937. The molecule has 0 bridgehead atoms. The maximum atomic E-state index is 5.26. The molecule has 68 valence electrons. The van der Waals surface area contributed by atoms with Crippen molar-refractivity contribution in [2.45, 2.75) is 51.5 Å². The molecule has 0 aromatic rings. The molecule has 11 heavy (non-hydrogen) atoms. The average Bonchev–Trinajstić information content (AvgIpc) is 2.03. The summed E-state index contributed by atoms with van der Waals surface area (Å²) < 4.78 is 5.26. The zero-order valence-electron chi connectivity index (χ0n) is 8.23. The lowest BCUT2D eigenvalue weighted by Gasteiger charge is -2.11. The first-order valence-electron chi connectivity index (χ1n) is 4.84. The van der Waals surface area contributed by atoms with Crippen LogP contribution in [0.5, 0.6) is 0 Å². The standard InChI is InChI=1S/C9H22OSi/c1-4-6-7-8-9(5-2)11-10-3/h9H,4-8,11H2,1-3H3. The van der Waals surface area contributed by atoms with Gasteiger partial charge in [0.05, 0.1) is 0 Å². The zero-order valence-corrected chi connectivity index (χ0v) is 9.64. The van der Waals surface area contributed by atoms with Crippen LogP contribution < -0.4 is 0 Å². The Morgan fingerprint density at radius 1 is 1.27 bits per heavy atom. The van der Waals surface area contributed by atoms with E-state index in [0.717, 1.165) is 5.54 Å². The molecule has 0 aromatic carbocycles. The molecule has 1 nitrogen and oxygen atoms in total. The van der Waals surface area contributed by atoms with Crippen molar-refractivity contribution in [1.29, 1.82) is 0 Å². The smallest absolute Gasteiger partial charge is 0.164 e. The summed E-state index contributed by atoms with van der Waals surface area (Å²) in [6, 6.07) is 0. The van der Waals surface area contributed by atoms with Crippen molar-refractivity contribution >= 4 is 9.76 Å². The van der Waals surface area contributed by atoms with Gasteiger partial charge >= 0.3 is 0 Å². The Bertz CT molecular complexity index is 76.0. The van der Waals surface area contributed by atoms with Crippen LogP contribution in [0.1, 0.15) is 46.0 Å². The van der Waals surface area contributed by atoms with Crippen LogP contribution in [0, 0.1) is 0 Å². The first-order valence-corrected chi connectivity index (χ1v) is 6.23. The van der Waals surface area contributed by atoms with Gasteiger partial charge in [-0.15, -0.1) is 0 Å². The molecule has 2 heteroatoms. The van der Waals surface area contributed by atoms with Gasteiger partial charge in [0.2, 0.25) is 0 Å². The van der Waals surface area contributed by atoms with Gasteiger partial charge in [0.1, 0.15) is 0 Å². The minimum absolute atomic E-state index is 0.192. The molecule has 0 spiro atoms. The molecule has 0 rings (SSSR count). The minimum Gasteiger partial charge on any atom is -0.427 e. The molecule has 0 N–H and O–H groups in total. The highest BCUT2D eigenvalue weighted by Crippen LogP contribution is 2.17. The van der Waals surface area contributed by atoms with Gasteiger partial charge in [0, 0.05) is 7.11 Å². The summed E-state index contributed by atoms with van der Waals surface area (Å²) in [7, 11) is 1.66. The van der Waals surface area contributed by atoms with Crippen molar-refractivity contribution in [2.24, 2.45) is 0 Å². The fraction of sp³-hybridized carbons (Fsp3) is 1.00. The van der Waals surface area contributed by atoms with E-state index in [1.54, 1.807) is 0 Å². The lowest BCUT2D eigenvalue weighted by atomic mass is 10.1. The Morgan fingerprint density at radius 3 is 2.45 bits per heavy atom. The van der Waals surface area contributed by atoms with Gasteiger partial charge in [-0.3, -0.25) is 0 Å². The van der Waals surface area contributed by atoms with Gasteiger partial charge in [0.15, 0.2) is 9.76 Å². The van der Waals surface area contributed by atoms with Gasteiger partial charge < -0.3 is 4.43 Å². The molecular formula is C9H22OSi. The molecule has 0 amide bonds. The number of rotatable bonds is 7. The van der Waals surface area contributed by atoms with E-state index in [-0.39, 0.29) is 9.76 Å². The molecule has 0 heterocycles. The Morgan fingerprint density at radius 2 is 2.00 bits per heavy atom.